The second-order valence-electron chi connectivity index (χ2n) is 7.31. The van der Waals surface area contributed by atoms with Crippen molar-refractivity contribution in [1.29, 1.82) is 0 Å². The van der Waals surface area contributed by atoms with E-state index in [1.807, 2.05) is 24.3 Å². The molecule has 146 valence electrons. The summed E-state index contributed by atoms with van der Waals surface area (Å²) in [6.45, 7) is 2.31. The number of hydrogen-bond acceptors (Lipinski definition) is 5. The zero-order valence-corrected chi connectivity index (χ0v) is 17.3. The standard InChI is InChI=1S/C20H28N4O2S/c1-14-7-5-6-8-17(14)24-19(15-9-11-16(26-4)12-10-15)21-22-20(24)27-13-18(25)23(2)3/h9-12,14,17H,5-8,13H2,1-4H3/t14-,17+/m0/s1. The van der Waals surface area contributed by atoms with Crippen molar-refractivity contribution in [2.45, 2.75) is 43.8 Å². The number of hydrogen-bond donors (Lipinski definition) is 0. The molecular formula is C20H28N4O2S. The van der Waals surface area contributed by atoms with E-state index in [4.69, 9.17) is 4.74 Å². The van der Waals surface area contributed by atoms with E-state index < -0.39 is 0 Å². The van der Waals surface area contributed by atoms with Crippen molar-refractivity contribution in [1.82, 2.24) is 19.7 Å². The van der Waals surface area contributed by atoms with Crippen molar-refractivity contribution in [3.05, 3.63) is 24.3 Å². The lowest BCUT2D eigenvalue weighted by Crippen LogP contribution is -2.25. The monoisotopic (exact) mass is 388 g/mol. The summed E-state index contributed by atoms with van der Waals surface area (Å²) >= 11 is 1.48. The number of rotatable bonds is 6. The lowest BCUT2D eigenvalue weighted by Gasteiger charge is -2.31. The van der Waals surface area contributed by atoms with Gasteiger partial charge in [0, 0.05) is 25.7 Å². The molecule has 3 rings (SSSR count). The van der Waals surface area contributed by atoms with Gasteiger partial charge in [-0.3, -0.25) is 9.36 Å². The van der Waals surface area contributed by atoms with Crippen LogP contribution in [0.15, 0.2) is 29.4 Å². The Kier molecular flexibility index (Phi) is 6.42. The third-order valence-corrected chi connectivity index (χ3v) is 6.16. The molecule has 0 aliphatic heterocycles. The fourth-order valence-electron chi connectivity index (χ4n) is 3.55. The minimum Gasteiger partial charge on any atom is -0.497 e. The van der Waals surface area contributed by atoms with Gasteiger partial charge in [-0.1, -0.05) is 31.5 Å². The molecule has 27 heavy (non-hydrogen) atoms. The van der Waals surface area contributed by atoms with Crippen LogP contribution >= 0.6 is 11.8 Å². The Hall–Kier alpha value is -2.02. The molecular weight excluding hydrogens is 360 g/mol. The Morgan fingerprint density at radius 3 is 2.56 bits per heavy atom. The van der Waals surface area contributed by atoms with Crippen molar-refractivity contribution < 1.29 is 9.53 Å². The lowest BCUT2D eigenvalue weighted by atomic mass is 9.85. The number of benzene rings is 1. The van der Waals surface area contributed by atoms with Gasteiger partial charge in [0.25, 0.3) is 0 Å². The van der Waals surface area contributed by atoms with E-state index in [9.17, 15) is 4.79 Å². The van der Waals surface area contributed by atoms with E-state index in [-0.39, 0.29) is 5.91 Å². The van der Waals surface area contributed by atoms with Crippen LogP contribution in [0.5, 0.6) is 5.75 Å². The lowest BCUT2D eigenvalue weighted by molar-refractivity contribution is -0.125. The number of carbonyl (C=O) groups is 1. The molecule has 0 radical (unpaired) electrons. The maximum absolute atomic E-state index is 12.0. The van der Waals surface area contributed by atoms with Gasteiger partial charge in [0.2, 0.25) is 5.91 Å². The maximum atomic E-state index is 12.0. The van der Waals surface area contributed by atoms with Crippen molar-refractivity contribution in [3.63, 3.8) is 0 Å². The van der Waals surface area contributed by atoms with Crippen LogP contribution in [0.25, 0.3) is 11.4 Å². The van der Waals surface area contributed by atoms with Crippen LogP contribution in [0.2, 0.25) is 0 Å². The number of carbonyl (C=O) groups excluding carboxylic acids is 1. The molecule has 1 saturated carbocycles. The van der Waals surface area contributed by atoms with Gasteiger partial charge < -0.3 is 9.64 Å². The van der Waals surface area contributed by atoms with E-state index in [2.05, 4.69) is 21.7 Å². The summed E-state index contributed by atoms with van der Waals surface area (Å²) in [4.78, 5) is 13.7. The smallest absolute Gasteiger partial charge is 0.232 e. The summed E-state index contributed by atoms with van der Waals surface area (Å²) in [5, 5.41) is 9.78. The summed E-state index contributed by atoms with van der Waals surface area (Å²) < 4.78 is 7.54. The van der Waals surface area contributed by atoms with E-state index in [1.54, 1.807) is 26.1 Å². The molecule has 1 amide bonds. The molecule has 2 aromatic rings. The SMILES string of the molecule is COc1ccc(-c2nnc(SCC(=O)N(C)C)n2[C@@H]2CCCC[C@@H]2C)cc1. The highest BCUT2D eigenvalue weighted by atomic mass is 32.2. The molecule has 7 heteroatoms. The van der Waals surface area contributed by atoms with Crippen molar-refractivity contribution in [2.24, 2.45) is 5.92 Å². The van der Waals surface area contributed by atoms with E-state index >= 15 is 0 Å². The summed E-state index contributed by atoms with van der Waals surface area (Å²) in [5.74, 6) is 2.71. The average molecular weight is 389 g/mol. The molecule has 0 saturated heterocycles. The summed E-state index contributed by atoms with van der Waals surface area (Å²) in [6, 6.07) is 8.29. The van der Waals surface area contributed by atoms with Gasteiger partial charge in [0.15, 0.2) is 11.0 Å². The predicted molar refractivity (Wildman–Crippen MR) is 108 cm³/mol. The van der Waals surface area contributed by atoms with Crippen molar-refractivity contribution in [3.8, 4) is 17.1 Å². The van der Waals surface area contributed by atoms with E-state index in [0.29, 0.717) is 17.7 Å². The highest BCUT2D eigenvalue weighted by Gasteiger charge is 2.29. The summed E-state index contributed by atoms with van der Waals surface area (Å²) in [6.07, 6.45) is 4.83. The average Bonchev–Trinajstić information content (AvgIpc) is 3.10. The first-order chi connectivity index (χ1) is 13.0. The van der Waals surface area contributed by atoms with Gasteiger partial charge in [0.1, 0.15) is 5.75 Å². The Labute approximate surface area is 165 Å². The molecule has 6 nitrogen and oxygen atoms in total. The van der Waals surface area contributed by atoms with Crippen LogP contribution in [0.3, 0.4) is 0 Å². The van der Waals surface area contributed by atoms with Gasteiger partial charge in [-0.2, -0.15) is 0 Å². The number of thioether (sulfide) groups is 1. The normalized spacial score (nSPS) is 19.7. The summed E-state index contributed by atoms with van der Waals surface area (Å²) in [5.41, 5.74) is 1.02. The highest BCUT2D eigenvalue weighted by Crippen LogP contribution is 2.39. The molecule has 1 heterocycles. The number of nitrogens with zero attached hydrogens (tertiary/aromatic N) is 4. The van der Waals surface area contributed by atoms with Gasteiger partial charge in [0.05, 0.1) is 12.9 Å². The molecule has 1 fully saturated rings. The van der Waals surface area contributed by atoms with Crippen molar-refractivity contribution >= 4 is 17.7 Å². The number of ether oxygens (including phenoxy) is 1. The van der Waals surface area contributed by atoms with Gasteiger partial charge in [-0.15, -0.1) is 10.2 Å². The fourth-order valence-corrected chi connectivity index (χ4v) is 4.52. The molecule has 0 bridgehead atoms. The number of aromatic nitrogens is 3. The molecule has 0 unspecified atom stereocenters. The third-order valence-electron chi connectivity index (χ3n) is 5.23. The first-order valence-electron chi connectivity index (χ1n) is 9.43. The number of amides is 1. The zero-order chi connectivity index (χ0) is 19.4. The Morgan fingerprint density at radius 1 is 1.22 bits per heavy atom. The van der Waals surface area contributed by atoms with Crippen LogP contribution < -0.4 is 4.74 Å². The second-order valence-corrected chi connectivity index (χ2v) is 8.25. The van der Waals surface area contributed by atoms with Crippen LogP contribution in [-0.4, -0.2) is 52.5 Å². The molecule has 0 N–H and O–H groups in total. The number of methoxy groups -OCH3 is 1. The molecule has 1 aliphatic carbocycles. The minimum absolute atomic E-state index is 0.0808. The summed E-state index contributed by atoms with van der Waals surface area (Å²) in [7, 11) is 5.22. The zero-order valence-electron chi connectivity index (χ0n) is 16.5. The van der Waals surface area contributed by atoms with Crippen LogP contribution in [0.1, 0.15) is 38.6 Å². The quantitative estimate of drug-likeness (QED) is 0.703. The third kappa shape index (κ3) is 4.46. The Balaban J connectivity index is 1.95. The topological polar surface area (TPSA) is 60.3 Å². The molecule has 2 atom stereocenters. The molecule has 1 aromatic carbocycles. The predicted octanol–water partition coefficient (Wildman–Crippen LogP) is 3.89. The highest BCUT2D eigenvalue weighted by molar-refractivity contribution is 7.99. The van der Waals surface area contributed by atoms with Crippen LogP contribution in [-0.2, 0) is 4.79 Å². The van der Waals surface area contributed by atoms with E-state index in [1.165, 1.54) is 31.0 Å². The first-order valence-corrected chi connectivity index (χ1v) is 10.4. The Morgan fingerprint density at radius 2 is 1.93 bits per heavy atom. The largest absolute Gasteiger partial charge is 0.497 e. The second kappa shape index (κ2) is 8.78. The Bertz CT molecular complexity index is 773. The maximum Gasteiger partial charge on any atom is 0.232 e. The van der Waals surface area contributed by atoms with Gasteiger partial charge >= 0.3 is 0 Å². The molecule has 1 aromatic heterocycles. The van der Waals surface area contributed by atoms with Gasteiger partial charge in [-0.05, 0) is 43.0 Å². The van der Waals surface area contributed by atoms with Gasteiger partial charge in [-0.25, -0.2) is 0 Å². The van der Waals surface area contributed by atoms with Crippen molar-refractivity contribution in [2.75, 3.05) is 27.0 Å². The van der Waals surface area contributed by atoms with Crippen LogP contribution in [0, 0.1) is 5.92 Å². The fraction of sp³-hybridized carbons (Fsp3) is 0.550. The first kappa shape index (κ1) is 19.7. The molecule has 1 aliphatic rings. The van der Waals surface area contributed by atoms with Crippen LogP contribution in [0.4, 0.5) is 0 Å². The van der Waals surface area contributed by atoms with E-state index in [0.717, 1.165) is 28.7 Å². The molecule has 0 spiro atoms. The minimum atomic E-state index is 0.0808.